The van der Waals surface area contributed by atoms with Gasteiger partial charge < -0.3 is 16.4 Å². The molecule has 1 aromatic heterocycles. The number of carbonyl (C=O) groups excluding carboxylic acids is 2. The molecule has 0 bridgehead atoms. The third-order valence-electron chi connectivity index (χ3n) is 2.77. The Bertz CT molecular complexity index is 434. The molecule has 2 amide bonds. The van der Waals surface area contributed by atoms with Crippen molar-refractivity contribution in [2.75, 3.05) is 12.3 Å². The minimum absolute atomic E-state index is 0.148. The lowest BCUT2D eigenvalue weighted by Crippen LogP contribution is -2.50. The van der Waals surface area contributed by atoms with Crippen LogP contribution in [-0.4, -0.2) is 34.2 Å². The first kappa shape index (κ1) is 11.4. The molecule has 7 heteroatoms. The first-order chi connectivity index (χ1) is 8.09. The van der Waals surface area contributed by atoms with E-state index in [0.717, 1.165) is 6.42 Å². The number of anilines is 1. The van der Waals surface area contributed by atoms with Gasteiger partial charge in [-0.2, -0.15) is 5.10 Å². The second kappa shape index (κ2) is 4.44. The summed E-state index contributed by atoms with van der Waals surface area (Å²) in [5, 5.41) is 9.25. The van der Waals surface area contributed by atoms with E-state index < -0.39 is 6.04 Å². The Labute approximate surface area is 98.4 Å². The molecule has 1 unspecified atom stereocenters. The number of hydrogen-bond donors (Lipinski definition) is 3. The highest BCUT2D eigenvalue weighted by Crippen LogP contribution is 2.10. The molecule has 92 valence electrons. The van der Waals surface area contributed by atoms with Crippen molar-refractivity contribution >= 4 is 17.5 Å². The fraction of sp³-hybridized carbons (Fsp3) is 0.500. The van der Waals surface area contributed by atoms with Crippen molar-refractivity contribution < 1.29 is 9.59 Å². The van der Waals surface area contributed by atoms with E-state index in [1.54, 1.807) is 7.05 Å². The zero-order chi connectivity index (χ0) is 12.4. The number of nitrogens with two attached hydrogens (primary N) is 1. The molecule has 0 radical (unpaired) electrons. The van der Waals surface area contributed by atoms with Crippen molar-refractivity contribution in [2.45, 2.75) is 18.9 Å². The summed E-state index contributed by atoms with van der Waals surface area (Å²) in [5.41, 5.74) is 6.22. The molecular weight excluding hydrogens is 222 g/mol. The van der Waals surface area contributed by atoms with E-state index in [0.29, 0.717) is 18.7 Å². The SMILES string of the molecule is Cn1ncc(N)c1C(=O)NC1CCCNC1=O. The number of nitrogens with zero attached hydrogens (tertiary/aromatic N) is 2. The maximum Gasteiger partial charge on any atom is 0.272 e. The van der Waals surface area contributed by atoms with Gasteiger partial charge in [-0.3, -0.25) is 14.3 Å². The van der Waals surface area contributed by atoms with Crippen LogP contribution in [0.5, 0.6) is 0 Å². The van der Waals surface area contributed by atoms with Crippen molar-refractivity contribution in [1.82, 2.24) is 20.4 Å². The van der Waals surface area contributed by atoms with Crippen molar-refractivity contribution in [3.8, 4) is 0 Å². The summed E-state index contributed by atoms with van der Waals surface area (Å²) >= 11 is 0. The number of aryl methyl sites for hydroxylation is 1. The lowest BCUT2D eigenvalue weighted by atomic mass is 10.1. The molecule has 17 heavy (non-hydrogen) atoms. The van der Waals surface area contributed by atoms with Crippen LogP contribution in [0, 0.1) is 0 Å². The van der Waals surface area contributed by atoms with Crippen LogP contribution < -0.4 is 16.4 Å². The van der Waals surface area contributed by atoms with Gasteiger partial charge in [0.15, 0.2) is 0 Å². The molecule has 0 aliphatic carbocycles. The van der Waals surface area contributed by atoms with Crippen molar-refractivity contribution in [1.29, 1.82) is 0 Å². The van der Waals surface area contributed by atoms with Crippen LogP contribution in [0.1, 0.15) is 23.3 Å². The van der Waals surface area contributed by atoms with Crippen LogP contribution in [0.4, 0.5) is 5.69 Å². The third-order valence-corrected chi connectivity index (χ3v) is 2.77. The van der Waals surface area contributed by atoms with Crippen LogP contribution in [0.15, 0.2) is 6.20 Å². The molecule has 2 rings (SSSR count). The maximum absolute atomic E-state index is 11.9. The van der Waals surface area contributed by atoms with Crippen molar-refractivity contribution in [2.24, 2.45) is 7.05 Å². The zero-order valence-electron chi connectivity index (χ0n) is 9.56. The Kier molecular flexibility index (Phi) is 2.99. The van der Waals surface area contributed by atoms with Crippen LogP contribution in [-0.2, 0) is 11.8 Å². The minimum atomic E-state index is -0.481. The Balaban J connectivity index is 2.09. The van der Waals surface area contributed by atoms with Gasteiger partial charge in [0.1, 0.15) is 11.7 Å². The number of aromatic nitrogens is 2. The molecule has 0 spiro atoms. The molecule has 1 atom stereocenters. The predicted molar refractivity (Wildman–Crippen MR) is 61.1 cm³/mol. The van der Waals surface area contributed by atoms with Crippen LogP contribution in [0.2, 0.25) is 0 Å². The molecule has 4 N–H and O–H groups in total. The number of rotatable bonds is 2. The summed E-state index contributed by atoms with van der Waals surface area (Å²) in [7, 11) is 1.63. The number of carbonyl (C=O) groups is 2. The number of nitrogen functional groups attached to an aromatic ring is 1. The Hall–Kier alpha value is -2.05. The van der Waals surface area contributed by atoms with Gasteiger partial charge in [-0.05, 0) is 12.8 Å². The van der Waals surface area contributed by atoms with E-state index in [4.69, 9.17) is 5.73 Å². The normalized spacial score (nSPS) is 19.8. The van der Waals surface area contributed by atoms with E-state index in [2.05, 4.69) is 15.7 Å². The van der Waals surface area contributed by atoms with Gasteiger partial charge in [-0.25, -0.2) is 0 Å². The average molecular weight is 237 g/mol. The number of amides is 2. The van der Waals surface area contributed by atoms with Crippen molar-refractivity contribution in [3.63, 3.8) is 0 Å². The summed E-state index contributed by atoms with van der Waals surface area (Å²) in [5.74, 6) is -0.519. The molecule has 1 aliphatic heterocycles. The summed E-state index contributed by atoms with van der Waals surface area (Å²) < 4.78 is 1.39. The Morgan fingerprint density at radius 2 is 2.47 bits per heavy atom. The summed E-state index contributed by atoms with van der Waals surface area (Å²) in [6, 6.07) is -0.481. The van der Waals surface area contributed by atoms with Crippen LogP contribution >= 0.6 is 0 Å². The molecule has 7 nitrogen and oxygen atoms in total. The lowest BCUT2D eigenvalue weighted by molar-refractivity contribution is -0.124. The largest absolute Gasteiger partial charge is 0.396 e. The summed E-state index contributed by atoms with van der Waals surface area (Å²) in [6.07, 6.45) is 2.92. The van der Waals surface area contributed by atoms with E-state index in [1.165, 1.54) is 10.9 Å². The molecule has 1 aromatic rings. The molecule has 0 aromatic carbocycles. The first-order valence-corrected chi connectivity index (χ1v) is 5.45. The first-order valence-electron chi connectivity index (χ1n) is 5.45. The van der Waals surface area contributed by atoms with E-state index in [9.17, 15) is 9.59 Å². The number of piperidine rings is 1. The van der Waals surface area contributed by atoms with Gasteiger partial charge in [-0.1, -0.05) is 0 Å². The van der Waals surface area contributed by atoms with Gasteiger partial charge in [0.2, 0.25) is 5.91 Å². The molecule has 2 heterocycles. The molecule has 1 aliphatic rings. The molecule has 0 saturated carbocycles. The average Bonchev–Trinajstić information content (AvgIpc) is 2.62. The van der Waals surface area contributed by atoms with Gasteiger partial charge in [-0.15, -0.1) is 0 Å². The second-order valence-corrected chi connectivity index (χ2v) is 4.03. The number of nitrogens with one attached hydrogen (secondary N) is 2. The molecule has 1 fully saturated rings. The van der Waals surface area contributed by atoms with Gasteiger partial charge >= 0.3 is 0 Å². The highest BCUT2D eigenvalue weighted by molar-refractivity contribution is 6.00. The minimum Gasteiger partial charge on any atom is -0.396 e. The third kappa shape index (κ3) is 2.22. The van der Waals surface area contributed by atoms with E-state index >= 15 is 0 Å². The Morgan fingerprint density at radius 3 is 3.06 bits per heavy atom. The zero-order valence-corrected chi connectivity index (χ0v) is 9.56. The monoisotopic (exact) mass is 237 g/mol. The standard InChI is InChI=1S/C10H15N5O2/c1-15-8(6(11)5-13-15)10(17)14-7-3-2-4-12-9(7)16/h5,7H,2-4,11H2,1H3,(H,12,16)(H,14,17). The smallest absolute Gasteiger partial charge is 0.272 e. The molecule has 1 saturated heterocycles. The Morgan fingerprint density at radius 1 is 1.71 bits per heavy atom. The quantitative estimate of drug-likeness (QED) is 0.614. The summed E-state index contributed by atoms with van der Waals surface area (Å²) in [6.45, 7) is 0.666. The summed E-state index contributed by atoms with van der Waals surface area (Å²) in [4.78, 5) is 23.4. The van der Waals surface area contributed by atoms with Crippen molar-refractivity contribution in [3.05, 3.63) is 11.9 Å². The highest BCUT2D eigenvalue weighted by Gasteiger charge is 2.25. The second-order valence-electron chi connectivity index (χ2n) is 4.03. The van der Waals surface area contributed by atoms with Crippen LogP contribution in [0.3, 0.4) is 0 Å². The topological polar surface area (TPSA) is 102 Å². The highest BCUT2D eigenvalue weighted by atomic mass is 16.2. The predicted octanol–water partition coefficient (Wildman–Crippen LogP) is -0.989. The maximum atomic E-state index is 11.9. The molecular formula is C10H15N5O2. The number of hydrogen-bond acceptors (Lipinski definition) is 4. The van der Waals surface area contributed by atoms with Gasteiger partial charge in [0.25, 0.3) is 5.91 Å². The lowest BCUT2D eigenvalue weighted by Gasteiger charge is -2.22. The van der Waals surface area contributed by atoms with E-state index in [1.807, 2.05) is 0 Å². The van der Waals surface area contributed by atoms with Crippen LogP contribution in [0.25, 0.3) is 0 Å². The van der Waals surface area contributed by atoms with Gasteiger partial charge in [0.05, 0.1) is 11.9 Å². The van der Waals surface area contributed by atoms with Gasteiger partial charge in [0, 0.05) is 13.6 Å². The fourth-order valence-electron chi connectivity index (χ4n) is 1.87. The van der Waals surface area contributed by atoms with E-state index in [-0.39, 0.29) is 17.5 Å². The fourth-order valence-corrected chi connectivity index (χ4v) is 1.87.